The number of aromatic amines is 1. The van der Waals surface area contributed by atoms with Gasteiger partial charge in [-0.25, -0.2) is 4.98 Å². The van der Waals surface area contributed by atoms with Crippen LogP contribution in [-0.4, -0.2) is 22.9 Å². The number of hydrogen-bond acceptors (Lipinski definition) is 5. The number of ketones is 1. The highest BCUT2D eigenvalue weighted by molar-refractivity contribution is 7.98. The fourth-order valence-electron chi connectivity index (χ4n) is 3.71. The molecule has 150 valence electrons. The Morgan fingerprint density at radius 2 is 1.97 bits per heavy atom. The van der Waals surface area contributed by atoms with Gasteiger partial charge in [-0.2, -0.15) is 0 Å². The first kappa shape index (κ1) is 18.8. The molecule has 3 aromatic carbocycles. The van der Waals surface area contributed by atoms with E-state index in [1.807, 2.05) is 60.7 Å². The van der Waals surface area contributed by atoms with E-state index in [1.54, 1.807) is 18.9 Å². The summed E-state index contributed by atoms with van der Waals surface area (Å²) in [5.74, 6) is 2.25. The van der Waals surface area contributed by atoms with Crippen molar-refractivity contribution in [3.05, 3.63) is 83.4 Å². The predicted octanol–water partition coefficient (Wildman–Crippen LogP) is 5.57. The smallest absolute Gasteiger partial charge is 0.170 e. The minimum Gasteiger partial charge on any atom is -0.496 e. The average molecular weight is 417 g/mol. The number of methoxy groups -OCH3 is 1. The van der Waals surface area contributed by atoms with E-state index in [-0.39, 0.29) is 11.9 Å². The largest absolute Gasteiger partial charge is 0.496 e. The lowest BCUT2D eigenvalue weighted by Crippen LogP contribution is -2.20. The van der Waals surface area contributed by atoms with Crippen LogP contribution in [-0.2, 0) is 5.75 Å². The van der Waals surface area contributed by atoms with Crippen molar-refractivity contribution in [2.45, 2.75) is 23.4 Å². The summed E-state index contributed by atoms with van der Waals surface area (Å²) < 4.78 is 11.7. The lowest BCUT2D eigenvalue weighted by atomic mass is 9.95. The van der Waals surface area contributed by atoms with E-state index in [2.05, 4.69) is 16.0 Å². The quantitative estimate of drug-likeness (QED) is 0.431. The van der Waals surface area contributed by atoms with E-state index in [0.717, 1.165) is 33.1 Å². The molecule has 6 heteroatoms. The summed E-state index contributed by atoms with van der Waals surface area (Å²) in [5, 5.41) is 0.863. The highest BCUT2D eigenvalue weighted by atomic mass is 32.2. The molecule has 2 heterocycles. The molecule has 0 unspecified atom stereocenters. The van der Waals surface area contributed by atoms with Crippen LogP contribution in [0.15, 0.2) is 71.9 Å². The van der Waals surface area contributed by atoms with Gasteiger partial charge in [0.25, 0.3) is 0 Å². The molecule has 0 amide bonds. The second kappa shape index (κ2) is 7.88. The van der Waals surface area contributed by atoms with E-state index in [9.17, 15) is 4.79 Å². The summed E-state index contributed by atoms with van der Waals surface area (Å²) in [6, 6.07) is 21.4. The Bertz CT molecular complexity index is 1200. The van der Waals surface area contributed by atoms with E-state index in [1.165, 1.54) is 0 Å². The molecular weight excluding hydrogens is 396 g/mol. The van der Waals surface area contributed by atoms with Gasteiger partial charge in [-0.3, -0.25) is 4.79 Å². The number of aromatic nitrogens is 2. The number of imidazole rings is 1. The molecule has 1 aliphatic heterocycles. The topological polar surface area (TPSA) is 64.2 Å². The van der Waals surface area contributed by atoms with Gasteiger partial charge < -0.3 is 14.5 Å². The lowest BCUT2D eigenvalue weighted by Gasteiger charge is -2.26. The number of rotatable bonds is 5. The molecule has 0 spiro atoms. The maximum absolute atomic E-state index is 12.6. The Kier molecular flexibility index (Phi) is 4.93. The number of fused-ring (bicyclic) bond motifs is 2. The first-order valence-corrected chi connectivity index (χ1v) is 10.7. The second-order valence-corrected chi connectivity index (χ2v) is 8.11. The van der Waals surface area contributed by atoms with Crippen LogP contribution in [0.25, 0.3) is 11.0 Å². The number of carbonyl (C=O) groups is 1. The molecule has 0 radical (unpaired) electrons. The predicted molar refractivity (Wildman–Crippen MR) is 117 cm³/mol. The Labute approximate surface area is 178 Å². The normalized spacial score (nSPS) is 15.6. The first-order chi connectivity index (χ1) is 14.7. The van der Waals surface area contributed by atoms with Crippen molar-refractivity contribution in [1.29, 1.82) is 0 Å². The lowest BCUT2D eigenvalue weighted by molar-refractivity contribution is 0.0850. The molecule has 0 aliphatic carbocycles. The van der Waals surface area contributed by atoms with Crippen LogP contribution in [0.4, 0.5) is 0 Å². The van der Waals surface area contributed by atoms with E-state index in [0.29, 0.717) is 23.5 Å². The van der Waals surface area contributed by atoms with Gasteiger partial charge >= 0.3 is 0 Å². The maximum Gasteiger partial charge on any atom is 0.170 e. The van der Waals surface area contributed by atoms with Crippen molar-refractivity contribution < 1.29 is 14.3 Å². The molecule has 30 heavy (non-hydrogen) atoms. The number of hydrogen-bond donors (Lipinski definition) is 1. The van der Waals surface area contributed by atoms with Crippen molar-refractivity contribution >= 4 is 28.6 Å². The van der Waals surface area contributed by atoms with Gasteiger partial charge in [0.2, 0.25) is 0 Å². The number of benzene rings is 3. The summed E-state index contributed by atoms with van der Waals surface area (Å²) in [5.41, 5.74) is 4.64. The van der Waals surface area contributed by atoms with Crippen LogP contribution in [0.1, 0.15) is 34.0 Å². The number of thioether (sulfide) groups is 1. The third-order valence-corrected chi connectivity index (χ3v) is 6.16. The first-order valence-electron chi connectivity index (χ1n) is 9.74. The molecule has 5 rings (SSSR count). The van der Waals surface area contributed by atoms with Gasteiger partial charge in [-0.1, -0.05) is 42.1 Å². The highest BCUT2D eigenvalue weighted by Gasteiger charge is 2.27. The summed E-state index contributed by atoms with van der Waals surface area (Å²) in [4.78, 5) is 20.5. The summed E-state index contributed by atoms with van der Waals surface area (Å²) in [6.07, 6.45) is 0.0349. The molecule has 0 saturated heterocycles. The van der Waals surface area contributed by atoms with Crippen LogP contribution in [0.5, 0.6) is 11.5 Å². The molecular formula is C24H20N2O3S. The number of ether oxygens (including phenoxy) is 2. The SMILES string of the molecule is COc1ccc([C@@H]2CC(=O)c3ccccc3O2)cc1CSc1nc2ccccc2[nH]1. The van der Waals surface area contributed by atoms with Crippen LogP contribution in [0, 0.1) is 0 Å². The maximum atomic E-state index is 12.6. The van der Waals surface area contributed by atoms with Gasteiger partial charge in [-0.15, -0.1) is 0 Å². The third-order valence-electron chi connectivity index (χ3n) is 5.24. The van der Waals surface area contributed by atoms with Crippen LogP contribution >= 0.6 is 11.8 Å². The fraction of sp³-hybridized carbons (Fsp3) is 0.167. The standard InChI is InChI=1S/C24H20N2O3S/c1-28-21-11-10-15(23-13-20(27)17-6-2-5-9-22(17)29-23)12-16(21)14-30-24-25-18-7-3-4-8-19(18)26-24/h2-12,23H,13-14H2,1H3,(H,25,26)/t23-/m0/s1. The number of carbonyl (C=O) groups excluding carboxylic acids is 1. The van der Waals surface area contributed by atoms with E-state index >= 15 is 0 Å². The second-order valence-electron chi connectivity index (χ2n) is 7.15. The molecule has 0 fully saturated rings. The van der Waals surface area contributed by atoms with Crippen molar-refractivity contribution in [2.24, 2.45) is 0 Å². The van der Waals surface area contributed by atoms with Gasteiger partial charge in [0.05, 0.1) is 30.1 Å². The highest BCUT2D eigenvalue weighted by Crippen LogP contribution is 2.37. The molecule has 1 aliphatic rings. The summed E-state index contributed by atoms with van der Waals surface area (Å²) in [7, 11) is 1.67. The van der Waals surface area contributed by atoms with Crippen molar-refractivity contribution in [3.63, 3.8) is 0 Å². The van der Waals surface area contributed by atoms with Crippen molar-refractivity contribution in [1.82, 2.24) is 9.97 Å². The molecule has 5 nitrogen and oxygen atoms in total. The van der Waals surface area contributed by atoms with Crippen molar-refractivity contribution in [2.75, 3.05) is 7.11 Å². The van der Waals surface area contributed by atoms with E-state index in [4.69, 9.17) is 9.47 Å². The number of para-hydroxylation sites is 3. The zero-order valence-corrected chi connectivity index (χ0v) is 17.2. The average Bonchev–Trinajstić information content (AvgIpc) is 3.20. The fourth-order valence-corrected chi connectivity index (χ4v) is 4.58. The Hall–Kier alpha value is -3.25. The molecule has 1 aromatic heterocycles. The van der Waals surface area contributed by atoms with Gasteiger partial charge in [0.15, 0.2) is 10.9 Å². The Balaban J connectivity index is 1.39. The minimum absolute atomic E-state index is 0.107. The summed E-state index contributed by atoms with van der Waals surface area (Å²) >= 11 is 1.62. The zero-order chi connectivity index (χ0) is 20.5. The zero-order valence-electron chi connectivity index (χ0n) is 16.4. The monoisotopic (exact) mass is 416 g/mol. The molecule has 1 atom stereocenters. The number of nitrogens with zero attached hydrogens (tertiary/aromatic N) is 1. The Morgan fingerprint density at radius 3 is 2.83 bits per heavy atom. The molecule has 0 bridgehead atoms. The minimum atomic E-state index is -0.298. The van der Waals surface area contributed by atoms with Crippen LogP contribution in [0.2, 0.25) is 0 Å². The number of H-pyrrole nitrogens is 1. The van der Waals surface area contributed by atoms with E-state index < -0.39 is 0 Å². The Morgan fingerprint density at radius 1 is 1.13 bits per heavy atom. The van der Waals surface area contributed by atoms with Gasteiger partial charge in [0.1, 0.15) is 17.6 Å². The summed E-state index contributed by atoms with van der Waals surface area (Å²) in [6.45, 7) is 0. The van der Waals surface area contributed by atoms with Gasteiger partial charge in [-0.05, 0) is 42.0 Å². The number of Topliss-reactive ketones (excluding diaryl/α,β-unsaturated/α-hetero) is 1. The molecule has 4 aromatic rings. The molecule has 0 saturated carbocycles. The van der Waals surface area contributed by atoms with Crippen LogP contribution in [0.3, 0.4) is 0 Å². The number of nitrogens with one attached hydrogen (secondary N) is 1. The van der Waals surface area contributed by atoms with Crippen LogP contribution < -0.4 is 9.47 Å². The van der Waals surface area contributed by atoms with Crippen molar-refractivity contribution in [3.8, 4) is 11.5 Å². The molecule has 1 N–H and O–H groups in total. The van der Waals surface area contributed by atoms with Gasteiger partial charge in [0, 0.05) is 11.3 Å². The third kappa shape index (κ3) is 3.55.